The molecule has 0 saturated carbocycles. The lowest BCUT2D eigenvalue weighted by atomic mass is 9.99. The van der Waals surface area contributed by atoms with Crippen LogP contribution in [0.3, 0.4) is 0 Å². The van der Waals surface area contributed by atoms with Crippen LogP contribution in [-0.2, 0) is 50.1 Å². The Kier molecular flexibility index (Phi) is 11.7. The number of carbonyl (C=O) groups excluding carboxylic acids is 2. The van der Waals surface area contributed by atoms with Gasteiger partial charge in [0.2, 0.25) is 0 Å². The predicted molar refractivity (Wildman–Crippen MR) is 181 cm³/mol. The number of rotatable bonds is 12. The summed E-state index contributed by atoms with van der Waals surface area (Å²) in [5, 5.41) is 0. The molecule has 0 N–H and O–H groups in total. The summed E-state index contributed by atoms with van der Waals surface area (Å²) < 4.78 is 25.7. The van der Waals surface area contributed by atoms with Gasteiger partial charge in [0.05, 0.1) is 25.9 Å². The van der Waals surface area contributed by atoms with E-state index in [1.165, 1.54) is 6.08 Å². The van der Waals surface area contributed by atoms with Crippen LogP contribution in [0, 0.1) is 0 Å². The fraction of sp³-hybridized carbons (Fsp3) is 0.300. The molecule has 4 aromatic carbocycles. The quantitative estimate of drug-likeness (QED) is 0.159. The third-order valence-corrected chi connectivity index (χ3v) is 7.72. The maximum Gasteiger partial charge on any atom is 0.411 e. The van der Waals surface area contributed by atoms with Crippen molar-refractivity contribution in [1.29, 1.82) is 0 Å². The highest BCUT2D eigenvalue weighted by Gasteiger charge is 2.45. The molecule has 47 heavy (non-hydrogen) atoms. The van der Waals surface area contributed by atoms with Crippen molar-refractivity contribution in [2.24, 2.45) is 0 Å². The molecule has 7 heteroatoms. The van der Waals surface area contributed by atoms with Crippen LogP contribution >= 0.6 is 0 Å². The Hall–Kier alpha value is -4.56. The van der Waals surface area contributed by atoms with E-state index >= 15 is 0 Å². The summed E-state index contributed by atoms with van der Waals surface area (Å²) in [5.41, 5.74) is 2.96. The standard InChI is InChI=1S/C40H43NO6/c1-40(2,3)47-39(43)41(26-30-16-8-4-9-17-30)34-24-25-35(42)37(45-28-32-20-12-6-13-21-32)38(46-29-33-22-14-7-15-23-33)36(34)44-27-31-18-10-5-11-19-31/h4-25,34,36-38H,26-29H2,1-3H3/t34-,36-,37-,38-/m1/s1. The lowest BCUT2D eigenvalue weighted by Gasteiger charge is -2.39. The van der Waals surface area contributed by atoms with Gasteiger partial charge in [-0.2, -0.15) is 0 Å². The number of ketones is 1. The van der Waals surface area contributed by atoms with E-state index in [4.69, 9.17) is 18.9 Å². The normalized spacial score (nSPS) is 19.6. The molecule has 4 aromatic rings. The van der Waals surface area contributed by atoms with Crippen molar-refractivity contribution in [3.63, 3.8) is 0 Å². The Bertz CT molecular complexity index is 1570. The maximum atomic E-state index is 14.0. The van der Waals surface area contributed by atoms with E-state index in [0.717, 1.165) is 22.3 Å². The molecule has 4 atom stereocenters. The van der Waals surface area contributed by atoms with Crippen molar-refractivity contribution >= 4 is 11.9 Å². The highest BCUT2D eigenvalue weighted by Crippen LogP contribution is 2.29. The van der Waals surface area contributed by atoms with Crippen LogP contribution in [0.25, 0.3) is 0 Å². The van der Waals surface area contributed by atoms with Crippen LogP contribution in [0.15, 0.2) is 133 Å². The maximum absolute atomic E-state index is 14.0. The van der Waals surface area contributed by atoms with Gasteiger partial charge in [0.25, 0.3) is 0 Å². The van der Waals surface area contributed by atoms with E-state index in [1.54, 1.807) is 11.0 Å². The number of ether oxygens (including phenoxy) is 4. The average molecular weight is 634 g/mol. The van der Waals surface area contributed by atoms with Gasteiger partial charge in [0.1, 0.15) is 23.9 Å². The fourth-order valence-corrected chi connectivity index (χ4v) is 5.45. The van der Waals surface area contributed by atoms with Gasteiger partial charge >= 0.3 is 6.09 Å². The summed E-state index contributed by atoms with van der Waals surface area (Å²) in [6.07, 6.45) is 0.0121. The van der Waals surface area contributed by atoms with Gasteiger partial charge in [0.15, 0.2) is 5.78 Å². The third kappa shape index (κ3) is 9.96. The molecule has 0 fully saturated rings. The number of benzene rings is 4. The Morgan fingerprint density at radius 2 is 1.04 bits per heavy atom. The molecule has 7 nitrogen and oxygen atoms in total. The molecule has 1 aliphatic carbocycles. The number of carbonyl (C=O) groups is 2. The number of nitrogens with zero attached hydrogens (tertiary/aromatic N) is 1. The third-order valence-electron chi connectivity index (χ3n) is 7.72. The molecule has 244 valence electrons. The Morgan fingerprint density at radius 1 is 0.617 bits per heavy atom. The molecular formula is C40H43NO6. The van der Waals surface area contributed by atoms with Crippen LogP contribution in [-0.4, -0.2) is 46.7 Å². The van der Waals surface area contributed by atoms with E-state index in [2.05, 4.69) is 0 Å². The summed E-state index contributed by atoms with van der Waals surface area (Å²) in [5.74, 6) is -0.265. The number of hydrogen-bond donors (Lipinski definition) is 0. The minimum Gasteiger partial charge on any atom is -0.444 e. The number of hydrogen-bond acceptors (Lipinski definition) is 6. The molecule has 1 aliphatic rings. The SMILES string of the molecule is CC(C)(C)OC(=O)N(Cc1ccccc1)[C@@H]1C=CC(=O)[C@@H](OCc2ccccc2)[C@H](OCc2ccccc2)[C@@H]1OCc1ccccc1. The lowest BCUT2D eigenvalue weighted by molar-refractivity contribution is -0.169. The molecule has 0 aliphatic heterocycles. The van der Waals surface area contributed by atoms with Crippen molar-refractivity contribution in [2.45, 2.75) is 77.1 Å². The largest absolute Gasteiger partial charge is 0.444 e. The van der Waals surface area contributed by atoms with Crippen molar-refractivity contribution in [1.82, 2.24) is 4.90 Å². The van der Waals surface area contributed by atoms with Crippen LogP contribution in [0.2, 0.25) is 0 Å². The minimum absolute atomic E-state index is 0.201. The summed E-state index contributed by atoms with van der Waals surface area (Å²) in [4.78, 5) is 29.6. The summed E-state index contributed by atoms with van der Waals surface area (Å²) in [7, 11) is 0. The van der Waals surface area contributed by atoms with E-state index < -0.39 is 36.0 Å². The second-order valence-electron chi connectivity index (χ2n) is 12.6. The predicted octanol–water partition coefficient (Wildman–Crippen LogP) is 7.69. The van der Waals surface area contributed by atoms with E-state index in [1.807, 2.05) is 142 Å². The topological polar surface area (TPSA) is 74.3 Å². The first-order chi connectivity index (χ1) is 22.8. The zero-order chi connectivity index (χ0) is 33.1. The first-order valence-corrected chi connectivity index (χ1v) is 16.0. The van der Waals surface area contributed by atoms with Gasteiger partial charge in [-0.25, -0.2) is 4.79 Å². The first kappa shape index (κ1) is 33.8. The van der Waals surface area contributed by atoms with E-state index in [-0.39, 0.29) is 32.1 Å². The Balaban J connectivity index is 1.56. The summed E-state index contributed by atoms with van der Waals surface area (Å²) >= 11 is 0. The van der Waals surface area contributed by atoms with Gasteiger partial charge in [-0.1, -0.05) is 127 Å². The molecule has 0 radical (unpaired) electrons. The zero-order valence-electron chi connectivity index (χ0n) is 27.2. The molecule has 0 bridgehead atoms. The van der Waals surface area contributed by atoms with Crippen LogP contribution in [0.4, 0.5) is 4.79 Å². The van der Waals surface area contributed by atoms with Crippen LogP contribution < -0.4 is 0 Å². The van der Waals surface area contributed by atoms with Gasteiger partial charge in [-0.15, -0.1) is 0 Å². The lowest BCUT2D eigenvalue weighted by Crippen LogP contribution is -2.55. The molecule has 0 saturated heterocycles. The first-order valence-electron chi connectivity index (χ1n) is 16.0. The van der Waals surface area contributed by atoms with Crippen molar-refractivity contribution in [2.75, 3.05) is 0 Å². The molecule has 0 aromatic heterocycles. The molecule has 0 spiro atoms. The molecule has 1 amide bonds. The Labute approximate surface area is 277 Å². The fourth-order valence-electron chi connectivity index (χ4n) is 5.45. The van der Waals surface area contributed by atoms with Gasteiger partial charge in [0, 0.05) is 6.54 Å². The van der Waals surface area contributed by atoms with Gasteiger partial charge < -0.3 is 18.9 Å². The van der Waals surface area contributed by atoms with Crippen LogP contribution in [0.1, 0.15) is 43.0 Å². The number of amides is 1. The van der Waals surface area contributed by atoms with Crippen LogP contribution in [0.5, 0.6) is 0 Å². The van der Waals surface area contributed by atoms with Crippen molar-refractivity contribution in [3.8, 4) is 0 Å². The zero-order valence-corrected chi connectivity index (χ0v) is 27.2. The second kappa shape index (κ2) is 16.3. The molecule has 0 unspecified atom stereocenters. The highest BCUT2D eigenvalue weighted by atomic mass is 16.6. The van der Waals surface area contributed by atoms with Crippen molar-refractivity contribution in [3.05, 3.63) is 156 Å². The van der Waals surface area contributed by atoms with E-state index in [9.17, 15) is 9.59 Å². The monoisotopic (exact) mass is 633 g/mol. The summed E-state index contributed by atoms with van der Waals surface area (Å²) in [6, 6.07) is 38.2. The van der Waals surface area contributed by atoms with Gasteiger partial charge in [-0.05, 0) is 49.1 Å². The highest BCUT2D eigenvalue weighted by molar-refractivity contribution is 5.94. The second-order valence-corrected chi connectivity index (χ2v) is 12.6. The molecular weight excluding hydrogens is 590 g/mol. The van der Waals surface area contributed by atoms with Gasteiger partial charge in [-0.3, -0.25) is 9.69 Å². The minimum atomic E-state index is -1.00. The Morgan fingerprint density at radius 3 is 1.51 bits per heavy atom. The average Bonchev–Trinajstić information content (AvgIpc) is 3.20. The molecule has 0 heterocycles. The van der Waals surface area contributed by atoms with Crippen molar-refractivity contribution < 1.29 is 28.5 Å². The van der Waals surface area contributed by atoms with E-state index in [0.29, 0.717) is 0 Å². The molecule has 5 rings (SSSR count). The smallest absolute Gasteiger partial charge is 0.411 e. The summed E-state index contributed by atoms with van der Waals surface area (Å²) in [6.45, 7) is 6.38.